The first-order chi connectivity index (χ1) is 8.54. The van der Waals surface area contributed by atoms with Gasteiger partial charge in [0, 0.05) is 4.90 Å². The summed E-state index contributed by atoms with van der Waals surface area (Å²) < 4.78 is 4.75. The molecule has 0 N–H and O–H groups in total. The highest BCUT2D eigenvalue weighted by atomic mass is 32.2. The third kappa shape index (κ3) is 4.44. The van der Waals surface area contributed by atoms with Crippen molar-refractivity contribution in [2.75, 3.05) is 27.7 Å². The molecule has 1 aromatic carbocycles. The van der Waals surface area contributed by atoms with Crippen LogP contribution in [-0.2, 0) is 4.74 Å². The van der Waals surface area contributed by atoms with E-state index in [9.17, 15) is 4.79 Å². The van der Waals surface area contributed by atoms with E-state index in [1.165, 1.54) is 18.9 Å². The lowest BCUT2D eigenvalue weighted by Crippen LogP contribution is -2.10. The van der Waals surface area contributed by atoms with Crippen molar-refractivity contribution >= 4 is 17.7 Å². The SMILES string of the molecule is COC(=O)c1ccc(C)cc1SC#CCN(C)C. The van der Waals surface area contributed by atoms with Crippen LogP contribution in [0.25, 0.3) is 0 Å². The first-order valence-electron chi connectivity index (χ1n) is 5.53. The van der Waals surface area contributed by atoms with E-state index >= 15 is 0 Å². The van der Waals surface area contributed by atoms with Gasteiger partial charge in [0.2, 0.25) is 0 Å². The number of esters is 1. The van der Waals surface area contributed by atoms with E-state index < -0.39 is 0 Å². The normalized spacial score (nSPS) is 9.83. The minimum absolute atomic E-state index is 0.327. The number of nitrogens with zero attached hydrogens (tertiary/aromatic N) is 1. The average molecular weight is 263 g/mol. The number of methoxy groups -OCH3 is 1. The van der Waals surface area contributed by atoms with Gasteiger partial charge in [-0.15, -0.1) is 0 Å². The number of rotatable bonds is 3. The van der Waals surface area contributed by atoms with E-state index in [1.54, 1.807) is 6.07 Å². The van der Waals surface area contributed by atoms with Crippen molar-refractivity contribution in [2.24, 2.45) is 0 Å². The maximum Gasteiger partial charge on any atom is 0.339 e. The molecule has 0 aliphatic heterocycles. The van der Waals surface area contributed by atoms with Crippen molar-refractivity contribution < 1.29 is 9.53 Å². The van der Waals surface area contributed by atoms with Crippen molar-refractivity contribution in [1.82, 2.24) is 4.90 Å². The molecule has 0 saturated heterocycles. The summed E-state index contributed by atoms with van der Waals surface area (Å²) in [6.07, 6.45) is 0. The third-order valence-electron chi connectivity index (χ3n) is 2.17. The second-order valence-corrected chi connectivity index (χ2v) is 4.96. The Balaban J connectivity index is 2.88. The smallest absolute Gasteiger partial charge is 0.339 e. The van der Waals surface area contributed by atoms with Gasteiger partial charge in [-0.2, -0.15) is 0 Å². The molecule has 0 saturated carbocycles. The molecule has 0 radical (unpaired) electrons. The summed E-state index contributed by atoms with van der Waals surface area (Å²) >= 11 is 1.36. The van der Waals surface area contributed by atoms with Crippen LogP contribution in [-0.4, -0.2) is 38.6 Å². The van der Waals surface area contributed by atoms with Gasteiger partial charge in [0.1, 0.15) is 0 Å². The Morgan fingerprint density at radius 1 is 1.44 bits per heavy atom. The first-order valence-corrected chi connectivity index (χ1v) is 6.34. The average Bonchev–Trinajstić information content (AvgIpc) is 2.33. The van der Waals surface area contributed by atoms with Crippen LogP contribution in [0.2, 0.25) is 0 Å². The van der Waals surface area contributed by atoms with Gasteiger partial charge in [-0.3, -0.25) is 4.90 Å². The van der Waals surface area contributed by atoms with Crippen LogP contribution in [0.15, 0.2) is 23.1 Å². The maximum atomic E-state index is 11.6. The van der Waals surface area contributed by atoms with E-state index in [1.807, 2.05) is 38.1 Å². The molecule has 0 bridgehead atoms. The zero-order valence-electron chi connectivity index (χ0n) is 11.1. The molecule has 4 heteroatoms. The minimum atomic E-state index is -0.327. The Bertz CT molecular complexity index is 486. The van der Waals surface area contributed by atoms with E-state index in [4.69, 9.17) is 4.74 Å². The molecule has 0 amide bonds. The van der Waals surface area contributed by atoms with Gasteiger partial charge in [0.15, 0.2) is 0 Å². The summed E-state index contributed by atoms with van der Waals surface area (Å²) in [5.41, 5.74) is 1.66. The second kappa shape index (κ2) is 7.10. The lowest BCUT2D eigenvalue weighted by Gasteiger charge is -2.05. The molecule has 0 aromatic heterocycles. The van der Waals surface area contributed by atoms with Gasteiger partial charge in [0.25, 0.3) is 0 Å². The van der Waals surface area contributed by atoms with Gasteiger partial charge in [-0.05, 0) is 55.7 Å². The molecule has 1 rings (SSSR count). The number of hydrogen-bond donors (Lipinski definition) is 0. The number of ether oxygens (including phenoxy) is 1. The zero-order valence-corrected chi connectivity index (χ0v) is 11.9. The van der Waals surface area contributed by atoms with Crippen LogP contribution in [0.1, 0.15) is 15.9 Å². The molecule has 0 heterocycles. The molecule has 3 nitrogen and oxygen atoms in total. The molecular weight excluding hydrogens is 246 g/mol. The van der Waals surface area contributed by atoms with E-state index in [2.05, 4.69) is 11.2 Å². The predicted octanol–water partition coefficient (Wildman–Crippen LogP) is 2.40. The number of benzene rings is 1. The van der Waals surface area contributed by atoms with Crippen LogP contribution >= 0.6 is 11.8 Å². The highest BCUT2D eigenvalue weighted by molar-refractivity contribution is 8.04. The van der Waals surface area contributed by atoms with Gasteiger partial charge < -0.3 is 4.74 Å². The molecular formula is C14H17NO2S. The summed E-state index contributed by atoms with van der Waals surface area (Å²) in [6, 6.07) is 5.61. The first kappa shape index (κ1) is 14.6. The summed E-state index contributed by atoms with van der Waals surface area (Å²) in [5.74, 6) is 2.70. The second-order valence-electron chi connectivity index (χ2n) is 4.11. The van der Waals surface area contributed by atoms with Gasteiger partial charge in [0.05, 0.1) is 19.2 Å². The maximum absolute atomic E-state index is 11.6. The number of thioether (sulfide) groups is 1. The molecule has 0 atom stereocenters. The van der Waals surface area contributed by atoms with Crippen molar-refractivity contribution in [3.8, 4) is 11.2 Å². The van der Waals surface area contributed by atoms with Crippen LogP contribution in [0.3, 0.4) is 0 Å². The van der Waals surface area contributed by atoms with Crippen molar-refractivity contribution in [3.05, 3.63) is 29.3 Å². The van der Waals surface area contributed by atoms with E-state index in [-0.39, 0.29) is 5.97 Å². The molecule has 18 heavy (non-hydrogen) atoms. The molecule has 1 aromatic rings. The van der Waals surface area contributed by atoms with Crippen LogP contribution < -0.4 is 0 Å². The lowest BCUT2D eigenvalue weighted by atomic mass is 10.1. The van der Waals surface area contributed by atoms with Gasteiger partial charge in [-0.1, -0.05) is 12.0 Å². The lowest BCUT2D eigenvalue weighted by molar-refractivity contribution is 0.0597. The monoisotopic (exact) mass is 263 g/mol. The Morgan fingerprint density at radius 3 is 2.78 bits per heavy atom. The molecule has 96 valence electrons. The zero-order chi connectivity index (χ0) is 13.5. The fourth-order valence-electron chi connectivity index (χ4n) is 1.27. The third-order valence-corrected chi connectivity index (χ3v) is 2.97. The quantitative estimate of drug-likeness (QED) is 0.476. The number of carbonyl (C=O) groups is 1. The van der Waals surface area contributed by atoms with Crippen molar-refractivity contribution in [1.29, 1.82) is 0 Å². The summed E-state index contributed by atoms with van der Waals surface area (Å²) in [6.45, 7) is 2.69. The Labute approximate surface area is 113 Å². The summed E-state index contributed by atoms with van der Waals surface area (Å²) in [5, 5.41) is 3.00. The standard InChI is InChI=1S/C14H17NO2S/c1-11-6-7-12(14(16)17-4)13(10-11)18-9-5-8-15(2)3/h6-7,10H,8H2,1-4H3. The molecule has 0 aliphatic carbocycles. The Kier molecular flexibility index (Phi) is 5.76. The highest BCUT2D eigenvalue weighted by Gasteiger charge is 2.11. The topological polar surface area (TPSA) is 29.5 Å². The van der Waals surface area contributed by atoms with Crippen molar-refractivity contribution in [3.63, 3.8) is 0 Å². The minimum Gasteiger partial charge on any atom is -0.465 e. The summed E-state index contributed by atoms with van der Waals surface area (Å²) in [7, 11) is 5.31. The van der Waals surface area contributed by atoms with Gasteiger partial charge >= 0.3 is 5.97 Å². The van der Waals surface area contributed by atoms with Crippen LogP contribution in [0.5, 0.6) is 0 Å². The number of carbonyl (C=O) groups excluding carboxylic acids is 1. The van der Waals surface area contributed by atoms with Gasteiger partial charge in [-0.25, -0.2) is 4.79 Å². The number of aryl methyl sites for hydroxylation is 1. The molecule has 0 fully saturated rings. The molecule has 0 spiro atoms. The fourth-order valence-corrected chi connectivity index (χ4v) is 2.03. The Hall–Kier alpha value is -1.44. The van der Waals surface area contributed by atoms with Crippen LogP contribution in [0, 0.1) is 18.1 Å². The highest BCUT2D eigenvalue weighted by Crippen LogP contribution is 2.23. The molecule has 0 aliphatic rings. The molecule has 0 unspecified atom stereocenters. The van der Waals surface area contributed by atoms with Crippen LogP contribution in [0.4, 0.5) is 0 Å². The largest absolute Gasteiger partial charge is 0.465 e. The van der Waals surface area contributed by atoms with E-state index in [0.29, 0.717) is 12.1 Å². The van der Waals surface area contributed by atoms with Crippen molar-refractivity contribution in [2.45, 2.75) is 11.8 Å². The Morgan fingerprint density at radius 2 is 2.17 bits per heavy atom. The van der Waals surface area contributed by atoms with E-state index in [0.717, 1.165) is 10.5 Å². The number of hydrogen-bond acceptors (Lipinski definition) is 4. The predicted molar refractivity (Wildman–Crippen MR) is 74.7 cm³/mol. The summed E-state index contributed by atoms with van der Waals surface area (Å²) in [4.78, 5) is 14.4. The fraction of sp³-hybridized carbons (Fsp3) is 0.357.